The number of hydrogen-bond donors (Lipinski definition) is 0. The molecule has 0 aromatic heterocycles. The van der Waals surface area contributed by atoms with Crippen LogP contribution in [0.25, 0.3) is 34.4 Å². The fourth-order valence-corrected chi connectivity index (χ4v) is 29.0. The van der Waals surface area contributed by atoms with Gasteiger partial charge in [0.15, 0.2) is 0 Å². The van der Waals surface area contributed by atoms with Crippen molar-refractivity contribution in [1.29, 1.82) is 0 Å². The fraction of sp³-hybridized carbons (Fsp3) is 0.231. The molecule has 3 atom stereocenters. The molecule has 43 heavy (non-hydrogen) atoms. The van der Waals surface area contributed by atoms with Gasteiger partial charge >= 0.3 is 250 Å². The van der Waals surface area contributed by atoms with Crippen LogP contribution in [0.4, 0.5) is 0 Å². The number of benzene rings is 4. The van der Waals surface area contributed by atoms with Crippen LogP contribution in [-0.2, 0) is 17.4 Å². The number of aryl methyl sites for hydroxylation is 1. The van der Waals surface area contributed by atoms with Crippen molar-refractivity contribution in [2.24, 2.45) is 5.92 Å². The zero-order chi connectivity index (χ0) is 28.4. The Balaban J connectivity index is 0.00000184. The Kier molecular flexibility index (Phi) is 8.94. The van der Waals surface area contributed by atoms with Crippen LogP contribution in [0.5, 0.6) is 0 Å². The van der Waals surface area contributed by atoms with Gasteiger partial charge in [-0.15, -0.1) is 24.8 Å². The van der Waals surface area contributed by atoms with Gasteiger partial charge in [0.25, 0.3) is 0 Å². The van der Waals surface area contributed by atoms with E-state index in [2.05, 4.69) is 145 Å². The summed E-state index contributed by atoms with van der Waals surface area (Å²) < 4.78 is 6.62. The summed E-state index contributed by atoms with van der Waals surface area (Å²) in [6.45, 7) is 7.26. The van der Waals surface area contributed by atoms with E-state index in [-0.39, 0.29) is 24.8 Å². The molecular weight excluding hydrogens is 659 g/mol. The Morgan fingerprint density at radius 3 is 1.91 bits per heavy atom. The van der Waals surface area contributed by atoms with Crippen molar-refractivity contribution in [1.82, 2.24) is 0 Å². The van der Waals surface area contributed by atoms with Gasteiger partial charge in [0.05, 0.1) is 0 Å². The SMILES string of the molecule is CC1=Cc2c(-c3ccccc3)ccc(C)c2[CH]1[Zr]([CH3])([CH3])(=[SiH2])[CH]1C(C2C=CCC2)=Cc2c(-c3ccccc3)cccc21.Cl.Cl. The quantitative estimate of drug-likeness (QED) is 0.144. The first-order chi connectivity index (χ1) is 19.7. The second kappa shape index (κ2) is 11.9. The van der Waals surface area contributed by atoms with Gasteiger partial charge < -0.3 is 0 Å². The molecule has 0 fully saturated rings. The maximum absolute atomic E-state index is 3.68. The first-order valence-corrected chi connectivity index (χ1v) is 28.9. The van der Waals surface area contributed by atoms with Gasteiger partial charge in [0.1, 0.15) is 0 Å². The van der Waals surface area contributed by atoms with Crippen LogP contribution >= 0.6 is 24.8 Å². The Bertz CT molecular complexity index is 1840. The molecule has 3 aliphatic carbocycles. The second-order valence-corrected chi connectivity index (χ2v) is 44.2. The van der Waals surface area contributed by atoms with Crippen LogP contribution in [0.15, 0.2) is 114 Å². The molecule has 0 amide bonds. The molecule has 0 spiro atoms. The topological polar surface area (TPSA) is 0 Å². The number of fused-ring (bicyclic) bond motifs is 2. The predicted molar refractivity (Wildman–Crippen MR) is 192 cm³/mol. The Labute approximate surface area is 272 Å². The number of rotatable bonds is 5. The number of halogens is 2. The minimum Gasteiger partial charge on any atom is -0.147 e. The van der Waals surface area contributed by atoms with Gasteiger partial charge in [-0.3, -0.25) is 0 Å². The largest absolute Gasteiger partial charge is 0.147 e. The molecule has 7 rings (SSSR count). The Hall–Kier alpha value is -2.22. The molecule has 0 nitrogen and oxygen atoms in total. The van der Waals surface area contributed by atoms with Gasteiger partial charge in [-0.1, -0.05) is 0 Å². The summed E-state index contributed by atoms with van der Waals surface area (Å²) in [5.74, 6) is 0.551. The normalized spacial score (nSPS) is 20.4. The van der Waals surface area contributed by atoms with Gasteiger partial charge in [0, 0.05) is 0 Å². The van der Waals surface area contributed by atoms with E-state index >= 15 is 0 Å². The molecule has 220 valence electrons. The molecule has 4 heteroatoms. The van der Waals surface area contributed by atoms with E-state index in [9.17, 15) is 0 Å². The molecule has 0 aliphatic heterocycles. The van der Waals surface area contributed by atoms with E-state index in [1.54, 1.807) is 22.3 Å². The van der Waals surface area contributed by atoms with Crippen molar-refractivity contribution < 1.29 is 17.4 Å². The third kappa shape index (κ3) is 5.27. The standard InChI is InChI=1S/C20H17.C17H15.2CH3.2ClH.H2Si.Zr/c1-2-9-16(10-3-1)19-12-6-11-17-13-18(14-20(17)19)15-7-4-5-8-15;1-12-10-16-13(2)8-9-15(17(16)11-12)14-6-4-3-5-7-14;;;;;;/h1-4,6-7,9-15H,5,8H2;3-11H,1-2H3;2*1H3;2*1H;1H2;. The first kappa shape index (κ1) is 32.2. The third-order valence-electron chi connectivity index (χ3n) is 10.2. The van der Waals surface area contributed by atoms with E-state index in [1.165, 1.54) is 51.8 Å². The predicted octanol–water partition coefficient (Wildman–Crippen LogP) is 11.1. The van der Waals surface area contributed by atoms with Crippen molar-refractivity contribution in [3.63, 3.8) is 0 Å². The van der Waals surface area contributed by atoms with Crippen LogP contribution in [0.2, 0.25) is 9.26 Å². The molecule has 3 unspecified atom stereocenters. The number of hydrogen-bond acceptors (Lipinski definition) is 0. The molecule has 4 aromatic carbocycles. The smallest absolute Gasteiger partial charge is 0.147 e. The van der Waals surface area contributed by atoms with E-state index in [0.717, 1.165) is 0 Å². The summed E-state index contributed by atoms with van der Waals surface area (Å²) in [5.41, 5.74) is 16.3. The van der Waals surface area contributed by atoms with Crippen molar-refractivity contribution in [2.75, 3.05) is 0 Å². The van der Waals surface area contributed by atoms with Crippen molar-refractivity contribution >= 4 is 43.8 Å². The van der Waals surface area contributed by atoms with Crippen LogP contribution in [-0.4, -0.2) is 6.88 Å². The van der Waals surface area contributed by atoms with Crippen LogP contribution < -0.4 is 0 Å². The second-order valence-electron chi connectivity index (χ2n) is 13.7. The summed E-state index contributed by atoms with van der Waals surface area (Å²) in [5, 5.41) is 0. The maximum Gasteiger partial charge on any atom is -0.147 e. The van der Waals surface area contributed by atoms with Gasteiger partial charge in [-0.25, -0.2) is 0 Å². The monoisotopic (exact) mass is 698 g/mol. The summed E-state index contributed by atoms with van der Waals surface area (Å²) in [4.78, 5) is 0. The molecule has 0 bridgehead atoms. The average molecular weight is 701 g/mol. The Morgan fingerprint density at radius 1 is 0.674 bits per heavy atom. The first-order valence-electron chi connectivity index (χ1n) is 15.2. The third-order valence-corrected chi connectivity index (χ3v) is 27.8. The summed E-state index contributed by atoms with van der Waals surface area (Å²) >= 11 is -3.68. The Morgan fingerprint density at radius 2 is 1.30 bits per heavy atom. The van der Waals surface area contributed by atoms with E-state index in [1.807, 2.05) is 0 Å². The summed E-state index contributed by atoms with van der Waals surface area (Å²) in [6, 6.07) is 33.9. The molecule has 0 saturated heterocycles. The molecule has 4 aromatic rings. The van der Waals surface area contributed by atoms with Gasteiger partial charge in [0.2, 0.25) is 0 Å². The van der Waals surface area contributed by atoms with Crippen LogP contribution in [0.3, 0.4) is 0 Å². The maximum atomic E-state index is 2.78. The van der Waals surface area contributed by atoms with E-state index in [0.29, 0.717) is 13.2 Å². The summed E-state index contributed by atoms with van der Waals surface area (Å²) in [7, 11) is 0. The van der Waals surface area contributed by atoms with Crippen molar-refractivity contribution in [3.8, 4) is 22.3 Å². The number of allylic oxidation sites excluding steroid dienone is 4. The zero-order valence-corrected chi connectivity index (χ0v) is 31.1. The van der Waals surface area contributed by atoms with Gasteiger partial charge in [-0.05, 0) is 0 Å². The molecular formula is C39H42Cl2SiZr. The molecule has 0 radical (unpaired) electrons. The molecule has 0 N–H and O–H groups in total. The fourth-order valence-electron chi connectivity index (χ4n) is 8.67. The average Bonchev–Trinajstić information content (AvgIpc) is 3.71. The van der Waals surface area contributed by atoms with Gasteiger partial charge in [-0.2, -0.15) is 0 Å². The minimum absolute atomic E-state index is 0. The zero-order valence-electron chi connectivity index (χ0n) is 25.6. The van der Waals surface area contributed by atoms with Crippen molar-refractivity contribution in [2.45, 2.75) is 43.2 Å². The van der Waals surface area contributed by atoms with Crippen LogP contribution in [0, 0.1) is 12.8 Å². The summed E-state index contributed by atoms with van der Waals surface area (Å²) in [6.07, 6.45) is 12.6. The minimum atomic E-state index is -3.68. The van der Waals surface area contributed by atoms with Crippen molar-refractivity contribution in [3.05, 3.63) is 142 Å². The molecule has 0 saturated carbocycles. The van der Waals surface area contributed by atoms with Crippen LogP contribution in [0.1, 0.15) is 54.8 Å². The van der Waals surface area contributed by atoms with E-state index < -0.39 is 17.4 Å². The van der Waals surface area contributed by atoms with E-state index in [4.69, 9.17) is 0 Å². The molecule has 3 aliphatic rings. The molecule has 0 heterocycles.